The molecule has 0 saturated carbocycles. The van der Waals surface area contributed by atoms with Gasteiger partial charge in [-0.3, -0.25) is 4.99 Å². The summed E-state index contributed by atoms with van der Waals surface area (Å²) in [5, 5.41) is 7.12. The second-order valence-electron chi connectivity index (χ2n) is 7.71. The number of ether oxygens (including phenoxy) is 2. The van der Waals surface area contributed by atoms with E-state index in [2.05, 4.69) is 44.6 Å². The first kappa shape index (κ1) is 20.6. The third kappa shape index (κ3) is 5.22. The highest BCUT2D eigenvalue weighted by Crippen LogP contribution is 2.30. The number of piperidine rings is 1. The minimum absolute atomic E-state index is 0.441. The van der Waals surface area contributed by atoms with E-state index in [4.69, 9.17) is 9.47 Å². The van der Waals surface area contributed by atoms with E-state index < -0.39 is 0 Å². The van der Waals surface area contributed by atoms with E-state index in [1.54, 1.807) is 14.2 Å². The summed E-state index contributed by atoms with van der Waals surface area (Å²) in [5.41, 5.74) is 1.15. The zero-order valence-electron chi connectivity index (χ0n) is 17.7. The van der Waals surface area contributed by atoms with Crippen LogP contribution in [-0.2, 0) is 0 Å². The van der Waals surface area contributed by atoms with Gasteiger partial charge in [-0.2, -0.15) is 0 Å². The van der Waals surface area contributed by atoms with Gasteiger partial charge in [0.05, 0.1) is 14.2 Å². The summed E-state index contributed by atoms with van der Waals surface area (Å²) >= 11 is 0. The number of aliphatic imine (C=N–C) groups is 1. The Balaban J connectivity index is 1.49. The van der Waals surface area contributed by atoms with Crippen LogP contribution in [0.3, 0.4) is 0 Å². The third-order valence-electron chi connectivity index (χ3n) is 5.94. The van der Waals surface area contributed by atoms with Crippen LogP contribution in [0.4, 0.5) is 5.69 Å². The SMILES string of the molecule is CN=C(NCC1CCCN1C)NC1CCN(c2cc(OC)cc(OC)c2)CC1. The normalized spacial score (nSPS) is 21.6. The lowest BCUT2D eigenvalue weighted by Crippen LogP contribution is -2.50. The molecule has 1 aromatic rings. The number of nitrogens with one attached hydrogen (secondary N) is 2. The van der Waals surface area contributed by atoms with Crippen LogP contribution < -0.4 is 25.0 Å². The third-order valence-corrected chi connectivity index (χ3v) is 5.94. The van der Waals surface area contributed by atoms with Crippen molar-refractivity contribution in [2.24, 2.45) is 4.99 Å². The fraction of sp³-hybridized carbons (Fsp3) is 0.667. The molecule has 7 heteroatoms. The van der Waals surface area contributed by atoms with Gasteiger partial charge in [0.2, 0.25) is 0 Å². The summed E-state index contributed by atoms with van der Waals surface area (Å²) in [5.74, 6) is 2.58. The Labute approximate surface area is 169 Å². The van der Waals surface area contributed by atoms with Crippen molar-refractivity contribution in [2.45, 2.75) is 37.8 Å². The van der Waals surface area contributed by atoms with Crippen molar-refractivity contribution in [1.82, 2.24) is 15.5 Å². The quantitative estimate of drug-likeness (QED) is 0.573. The standard InChI is InChI=1S/C21H35N5O2/c1-22-21(23-15-17-6-5-9-25(17)2)24-16-7-10-26(11-8-16)18-12-19(27-3)14-20(13-18)28-4/h12-14,16-17H,5-11,15H2,1-4H3,(H2,22,23,24). The monoisotopic (exact) mass is 389 g/mol. The molecular formula is C21H35N5O2. The number of nitrogens with zero attached hydrogens (tertiary/aromatic N) is 3. The lowest BCUT2D eigenvalue weighted by Gasteiger charge is -2.35. The molecule has 2 heterocycles. The molecule has 0 aromatic heterocycles. The molecule has 2 N–H and O–H groups in total. The van der Waals surface area contributed by atoms with Crippen LogP contribution >= 0.6 is 0 Å². The number of hydrogen-bond donors (Lipinski definition) is 2. The van der Waals surface area contributed by atoms with Crippen molar-refractivity contribution in [1.29, 1.82) is 0 Å². The number of likely N-dealkylation sites (tertiary alicyclic amines) is 1. The van der Waals surface area contributed by atoms with Gasteiger partial charge in [-0.15, -0.1) is 0 Å². The lowest BCUT2D eigenvalue weighted by molar-refractivity contribution is 0.309. The Morgan fingerprint density at radius 3 is 2.29 bits per heavy atom. The summed E-state index contributed by atoms with van der Waals surface area (Å²) in [4.78, 5) is 9.25. The molecule has 0 bridgehead atoms. The molecule has 2 aliphatic heterocycles. The average molecular weight is 390 g/mol. The van der Waals surface area contributed by atoms with Crippen LogP contribution in [0.5, 0.6) is 11.5 Å². The van der Waals surface area contributed by atoms with Crippen LogP contribution in [-0.4, -0.2) is 77.4 Å². The average Bonchev–Trinajstić information content (AvgIpc) is 3.15. The van der Waals surface area contributed by atoms with E-state index in [1.807, 2.05) is 13.1 Å². The number of benzene rings is 1. The van der Waals surface area contributed by atoms with E-state index in [1.165, 1.54) is 19.4 Å². The number of methoxy groups -OCH3 is 2. The minimum Gasteiger partial charge on any atom is -0.497 e. The molecule has 1 atom stereocenters. The first-order valence-corrected chi connectivity index (χ1v) is 10.3. The van der Waals surface area contributed by atoms with Gasteiger partial charge in [-0.1, -0.05) is 0 Å². The fourth-order valence-corrected chi connectivity index (χ4v) is 4.10. The molecule has 2 aliphatic rings. The Hall–Kier alpha value is -2.15. The van der Waals surface area contributed by atoms with Gasteiger partial charge >= 0.3 is 0 Å². The predicted molar refractivity (Wildman–Crippen MR) is 115 cm³/mol. The zero-order chi connectivity index (χ0) is 19.9. The Bertz CT molecular complexity index is 636. The van der Waals surface area contributed by atoms with Crippen molar-refractivity contribution in [3.8, 4) is 11.5 Å². The van der Waals surface area contributed by atoms with E-state index in [9.17, 15) is 0 Å². The molecule has 0 radical (unpaired) electrons. The highest BCUT2D eigenvalue weighted by Gasteiger charge is 2.23. The maximum atomic E-state index is 5.41. The van der Waals surface area contributed by atoms with Gasteiger partial charge in [0, 0.05) is 62.7 Å². The van der Waals surface area contributed by atoms with Gasteiger partial charge in [-0.05, 0) is 39.3 Å². The van der Waals surface area contributed by atoms with E-state index in [0.29, 0.717) is 12.1 Å². The predicted octanol–water partition coefficient (Wildman–Crippen LogP) is 1.93. The maximum absolute atomic E-state index is 5.41. The van der Waals surface area contributed by atoms with Crippen molar-refractivity contribution in [3.05, 3.63) is 18.2 Å². The number of anilines is 1. The van der Waals surface area contributed by atoms with Crippen LogP contribution in [0.2, 0.25) is 0 Å². The molecule has 0 aliphatic carbocycles. The molecule has 0 spiro atoms. The Morgan fingerprint density at radius 1 is 1.07 bits per heavy atom. The first-order chi connectivity index (χ1) is 13.6. The smallest absolute Gasteiger partial charge is 0.191 e. The van der Waals surface area contributed by atoms with E-state index in [0.717, 1.165) is 55.6 Å². The van der Waals surface area contributed by atoms with Crippen LogP contribution in [0.15, 0.2) is 23.2 Å². The molecule has 2 saturated heterocycles. The van der Waals surface area contributed by atoms with Crippen molar-refractivity contribution >= 4 is 11.6 Å². The summed E-state index contributed by atoms with van der Waals surface area (Å²) in [6, 6.07) is 7.12. The lowest BCUT2D eigenvalue weighted by atomic mass is 10.0. The largest absolute Gasteiger partial charge is 0.497 e. The molecule has 3 rings (SSSR count). The molecule has 2 fully saturated rings. The van der Waals surface area contributed by atoms with Crippen LogP contribution in [0.25, 0.3) is 0 Å². The molecule has 7 nitrogen and oxygen atoms in total. The van der Waals surface area contributed by atoms with Gasteiger partial charge < -0.3 is 29.9 Å². The molecule has 0 amide bonds. The van der Waals surface area contributed by atoms with Crippen LogP contribution in [0, 0.1) is 0 Å². The number of likely N-dealkylation sites (N-methyl/N-ethyl adjacent to an activating group) is 1. The molecule has 1 unspecified atom stereocenters. The Kier molecular flexibility index (Phi) is 7.25. The van der Waals surface area contributed by atoms with E-state index >= 15 is 0 Å². The number of guanidine groups is 1. The minimum atomic E-state index is 0.441. The van der Waals surface area contributed by atoms with E-state index in [-0.39, 0.29) is 0 Å². The Morgan fingerprint density at radius 2 is 1.75 bits per heavy atom. The van der Waals surface area contributed by atoms with Gasteiger partial charge in [0.25, 0.3) is 0 Å². The summed E-state index contributed by atoms with van der Waals surface area (Å²) in [6.45, 7) is 4.15. The van der Waals surface area contributed by atoms with Crippen molar-refractivity contribution < 1.29 is 9.47 Å². The highest BCUT2D eigenvalue weighted by molar-refractivity contribution is 5.80. The molecular weight excluding hydrogens is 354 g/mol. The topological polar surface area (TPSA) is 61.4 Å². The molecule has 1 aromatic carbocycles. The van der Waals surface area contributed by atoms with Crippen molar-refractivity contribution in [3.63, 3.8) is 0 Å². The van der Waals surface area contributed by atoms with Gasteiger partial charge in [0.1, 0.15) is 11.5 Å². The fourth-order valence-electron chi connectivity index (χ4n) is 4.10. The van der Waals surface area contributed by atoms with Crippen LogP contribution in [0.1, 0.15) is 25.7 Å². The maximum Gasteiger partial charge on any atom is 0.191 e. The number of rotatable bonds is 6. The summed E-state index contributed by atoms with van der Waals surface area (Å²) in [7, 11) is 7.44. The second-order valence-corrected chi connectivity index (χ2v) is 7.71. The zero-order valence-corrected chi connectivity index (χ0v) is 17.7. The second kappa shape index (κ2) is 9.87. The summed E-state index contributed by atoms with van der Waals surface area (Å²) < 4.78 is 10.8. The first-order valence-electron chi connectivity index (χ1n) is 10.3. The highest BCUT2D eigenvalue weighted by atomic mass is 16.5. The van der Waals surface area contributed by atoms with Gasteiger partial charge in [0.15, 0.2) is 5.96 Å². The van der Waals surface area contributed by atoms with Crippen molar-refractivity contribution in [2.75, 3.05) is 59.4 Å². The summed E-state index contributed by atoms with van der Waals surface area (Å²) in [6.07, 6.45) is 4.71. The van der Waals surface area contributed by atoms with Gasteiger partial charge in [-0.25, -0.2) is 0 Å². The molecule has 28 heavy (non-hydrogen) atoms. The number of hydrogen-bond acceptors (Lipinski definition) is 5. The molecule has 156 valence electrons.